The minimum Gasteiger partial charge on any atom is -0.383 e. The highest BCUT2D eigenvalue weighted by Gasteiger charge is 2.13. The Hall–Kier alpha value is -2.25. The summed E-state index contributed by atoms with van der Waals surface area (Å²) in [6.07, 6.45) is 3.44. The predicted octanol–water partition coefficient (Wildman–Crippen LogP) is 3.11. The van der Waals surface area contributed by atoms with Gasteiger partial charge in [-0.1, -0.05) is 18.2 Å². The molecule has 28 heavy (non-hydrogen) atoms. The number of carbonyl (C=O) groups excluding carboxylic acids is 1. The van der Waals surface area contributed by atoms with Gasteiger partial charge in [-0.2, -0.15) is 0 Å². The van der Waals surface area contributed by atoms with E-state index in [2.05, 4.69) is 20.6 Å². The van der Waals surface area contributed by atoms with Gasteiger partial charge in [-0.3, -0.25) is 9.78 Å². The zero-order valence-corrected chi connectivity index (χ0v) is 17.2. The number of ether oxygens (including phenoxy) is 1. The van der Waals surface area contributed by atoms with Crippen LogP contribution in [0, 0.1) is 0 Å². The van der Waals surface area contributed by atoms with Crippen LogP contribution in [0.15, 0.2) is 54.9 Å². The van der Waals surface area contributed by atoms with Crippen LogP contribution in [0.25, 0.3) is 22.2 Å². The molecule has 8 heteroatoms. The third kappa shape index (κ3) is 6.14. The summed E-state index contributed by atoms with van der Waals surface area (Å²) < 4.78 is 4.98. The zero-order chi connectivity index (χ0) is 18.2. The van der Waals surface area contributed by atoms with Crippen molar-refractivity contribution >= 4 is 41.6 Å². The van der Waals surface area contributed by atoms with E-state index in [9.17, 15) is 4.79 Å². The average molecular weight is 423 g/mol. The molecule has 0 radical (unpaired) electrons. The number of fused-ring (bicyclic) bond motifs is 1. The maximum atomic E-state index is 12.7. The number of methoxy groups -OCH3 is 1. The van der Waals surface area contributed by atoms with Crippen LogP contribution in [-0.4, -0.2) is 49.2 Å². The molecule has 3 aromatic rings. The number of rotatable bonds is 8. The molecule has 3 rings (SSSR count). The lowest BCUT2D eigenvalue weighted by Gasteiger charge is -2.11. The second kappa shape index (κ2) is 12.3. The van der Waals surface area contributed by atoms with Crippen LogP contribution in [0.3, 0.4) is 0 Å². The fraction of sp³-hybridized carbons (Fsp3) is 0.250. The van der Waals surface area contributed by atoms with Crippen LogP contribution in [0.5, 0.6) is 0 Å². The molecule has 0 spiro atoms. The number of amides is 1. The van der Waals surface area contributed by atoms with Gasteiger partial charge in [-0.25, -0.2) is 4.98 Å². The van der Waals surface area contributed by atoms with Crippen LogP contribution in [-0.2, 0) is 4.74 Å². The Morgan fingerprint density at radius 2 is 1.79 bits per heavy atom. The van der Waals surface area contributed by atoms with Gasteiger partial charge in [-0.05, 0) is 24.3 Å². The van der Waals surface area contributed by atoms with Crippen LogP contribution in [0.2, 0.25) is 0 Å². The molecule has 0 atom stereocenters. The Balaban J connectivity index is 0.00000196. The molecular formula is C20H24Cl2N4O2. The Morgan fingerprint density at radius 3 is 2.54 bits per heavy atom. The normalized spacial score (nSPS) is 10.0. The van der Waals surface area contributed by atoms with Crippen molar-refractivity contribution in [3.63, 3.8) is 0 Å². The molecule has 2 N–H and O–H groups in total. The Morgan fingerprint density at radius 1 is 1.04 bits per heavy atom. The molecule has 0 fully saturated rings. The molecule has 2 heterocycles. The summed E-state index contributed by atoms with van der Waals surface area (Å²) in [6, 6.07) is 13.3. The minimum atomic E-state index is -0.104. The second-order valence-corrected chi connectivity index (χ2v) is 5.81. The average Bonchev–Trinajstić information content (AvgIpc) is 2.70. The molecule has 0 aliphatic carbocycles. The standard InChI is InChI=1S/C20H22N4O2.2ClH/c1-26-13-12-22-10-11-23-20(25)17-14-19(15-6-8-21-9-7-15)24-18-5-3-2-4-16(17)18;;/h2-9,14,22H,10-13H2,1H3,(H,23,25);2*1H. The number of benzene rings is 1. The van der Waals surface area contributed by atoms with Crippen molar-refractivity contribution in [1.29, 1.82) is 0 Å². The highest BCUT2D eigenvalue weighted by atomic mass is 35.5. The van der Waals surface area contributed by atoms with E-state index in [0.29, 0.717) is 25.3 Å². The highest BCUT2D eigenvalue weighted by molar-refractivity contribution is 6.07. The van der Waals surface area contributed by atoms with Crippen molar-refractivity contribution in [2.75, 3.05) is 33.4 Å². The molecule has 0 saturated heterocycles. The van der Waals surface area contributed by atoms with Crippen molar-refractivity contribution in [3.8, 4) is 11.3 Å². The molecule has 0 saturated carbocycles. The third-order valence-corrected chi connectivity index (χ3v) is 4.01. The number of nitrogens with one attached hydrogen (secondary N) is 2. The van der Waals surface area contributed by atoms with Crippen molar-refractivity contribution in [3.05, 3.63) is 60.4 Å². The third-order valence-electron chi connectivity index (χ3n) is 4.01. The van der Waals surface area contributed by atoms with Crippen molar-refractivity contribution in [1.82, 2.24) is 20.6 Å². The van der Waals surface area contributed by atoms with Gasteiger partial charge < -0.3 is 15.4 Å². The topological polar surface area (TPSA) is 76.1 Å². The van der Waals surface area contributed by atoms with Gasteiger partial charge in [0, 0.05) is 50.1 Å². The van der Waals surface area contributed by atoms with Crippen molar-refractivity contribution in [2.24, 2.45) is 0 Å². The quantitative estimate of drug-likeness (QED) is 0.545. The van der Waals surface area contributed by atoms with E-state index in [4.69, 9.17) is 4.74 Å². The maximum Gasteiger partial charge on any atom is 0.252 e. The van der Waals surface area contributed by atoms with Crippen molar-refractivity contribution < 1.29 is 9.53 Å². The lowest BCUT2D eigenvalue weighted by molar-refractivity contribution is 0.0955. The number of halogens is 2. The van der Waals surface area contributed by atoms with Gasteiger partial charge in [0.2, 0.25) is 0 Å². The second-order valence-electron chi connectivity index (χ2n) is 5.81. The summed E-state index contributed by atoms with van der Waals surface area (Å²) in [5.41, 5.74) is 3.11. The molecule has 6 nitrogen and oxygen atoms in total. The Kier molecular flexibility index (Phi) is 10.4. The number of hydrogen-bond acceptors (Lipinski definition) is 5. The molecule has 150 valence electrons. The molecule has 0 bridgehead atoms. The SMILES string of the molecule is COCCNCCNC(=O)c1cc(-c2ccncc2)nc2ccccc12.Cl.Cl. The number of aromatic nitrogens is 2. The first-order valence-electron chi connectivity index (χ1n) is 8.57. The summed E-state index contributed by atoms with van der Waals surface area (Å²) in [4.78, 5) is 21.5. The Bertz CT molecular complexity index is 878. The fourth-order valence-electron chi connectivity index (χ4n) is 2.69. The summed E-state index contributed by atoms with van der Waals surface area (Å²) >= 11 is 0. The summed E-state index contributed by atoms with van der Waals surface area (Å²) in [5, 5.41) is 7.02. The molecule has 0 aliphatic heterocycles. The number of hydrogen-bond donors (Lipinski definition) is 2. The van der Waals surface area contributed by atoms with E-state index in [0.717, 1.165) is 28.7 Å². The monoisotopic (exact) mass is 422 g/mol. The number of pyridine rings is 2. The molecular weight excluding hydrogens is 399 g/mol. The van der Waals surface area contributed by atoms with Crippen molar-refractivity contribution in [2.45, 2.75) is 0 Å². The summed E-state index contributed by atoms with van der Waals surface area (Å²) in [6.45, 7) is 2.65. The minimum absolute atomic E-state index is 0. The smallest absolute Gasteiger partial charge is 0.252 e. The van der Waals surface area contributed by atoms with Gasteiger partial charge in [0.05, 0.1) is 23.4 Å². The first-order chi connectivity index (χ1) is 12.8. The molecule has 1 amide bonds. The van der Waals surface area contributed by atoms with E-state index in [1.165, 1.54) is 0 Å². The van der Waals surface area contributed by atoms with E-state index < -0.39 is 0 Å². The molecule has 0 aliphatic rings. The number of carbonyl (C=O) groups is 1. The maximum absolute atomic E-state index is 12.7. The van der Waals surface area contributed by atoms with Gasteiger partial charge >= 0.3 is 0 Å². The zero-order valence-electron chi connectivity index (χ0n) is 15.6. The van der Waals surface area contributed by atoms with Gasteiger partial charge in [0.1, 0.15) is 0 Å². The summed E-state index contributed by atoms with van der Waals surface area (Å²) in [7, 11) is 1.67. The largest absolute Gasteiger partial charge is 0.383 e. The van der Waals surface area contributed by atoms with E-state index in [1.807, 2.05) is 42.5 Å². The lowest BCUT2D eigenvalue weighted by atomic mass is 10.0. The predicted molar refractivity (Wildman–Crippen MR) is 117 cm³/mol. The first-order valence-corrected chi connectivity index (χ1v) is 8.57. The summed E-state index contributed by atoms with van der Waals surface area (Å²) in [5.74, 6) is -0.104. The first kappa shape index (κ1) is 23.8. The van der Waals surface area contributed by atoms with E-state index >= 15 is 0 Å². The highest BCUT2D eigenvalue weighted by Crippen LogP contribution is 2.24. The molecule has 2 aromatic heterocycles. The van der Waals surface area contributed by atoms with Gasteiger partial charge in [0.25, 0.3) is 5.91 Å². The van der Waals surface area contributed by atoms with Crippen LogP contribution in [0.1, 0.15) is 10.4 Å². The van der Waals surface area contributed by atoms with Gasteiger partial charge in [0.15, 0.2) is 0 Å². The van der Waals surface area contributed by atoms with Crippen LogP contribution >= 0.6 is 24.8 Å². The van der Waals surface area contributed by atoms with E-state index in [1.54, 1.807) is 19.5 Å². The van der Waals surface area contributed by atoms with Gasteiger partial charge in [-0.15, -0.1) is 24.8 Å². The molecule has 0 unspecified atom stereocenters. The number of nitrogens with zero attached hydrogens (tertiary/aromatic N) is 2. The van der Waals surface area contributed by atoms with Crippen LogP contribution in [0.4, 0.5) is 0 Å². The van der Waals surface area contributed by atoms with Crippen LogP contribution < -0.4 is 10.6 Å². The Labute approximate surface area is 176 Å². The number of para-hydroxylation sites is 1. The van der Waals surface area contributed by atoms with E-state index in [-0.39, 0.29) is 30.7 Å². The fourth-order valence-corrected chi connectivity index (χ4v) is 2.69. The molecule has 1 aromatic carbocycles. The lowest BCUT2D eigenvalue weighted by Crippen LogP contribution is -2.33.